The van der Waals surface area contributed by atoms with E-state index in [0.717, 1.165) is 0 Å². The fourth-order valence-electron chi connectivity index (χ4n) is 0.851. The van der Waals surface area contributed by atoms with Crippen LogP contribution in [-0.2, 0) is 0 Å². The van der Waals surface area contributed by atoms with E-state index in [1.54, 1.807) is 6.08 Å². The summed E-state index contributed by atoms with van der Waals surface area (Å²) >= 11 is 0. The number of nitrogens with one attached hydrogen (secondary N) is 1. The summed E-state index contributed by atoms with van der Waals surface area (Å²) in [7, 11) is 0. The van der Waals surface area contributed by atoms with Crippen LogP contribution >= 0.6 is 0 Å². The average molecular weight is 181 g/mol. The van der Waals surface area contributed by atoms with Crippen LogP contribution in [0.1, 0.15) is 19.8 Å². The van der Waals surface area contributed by atoms with Crippen molar-refractivity contribution in [1.29, 1.82) is 0 Å². The van der Waals surface area contributed by atoms with Crippen LogP contribution in [0.2, 0.25) is 0 Å². The van der Waals surface area contributed by atoms with Crippen LogP contribution in [0.15, 0.2) is 12.7 Å². The summed E-state index contributed by atoms with van der Waals surface area (Å²) in [4.78, 5) is 0. The highest BCUT2D eigenvalue weighted by atomic mass is 19.4. The Balaban J connectivity index is 3.46. The van der Waals surface area contributed by atoms with Gasteiger partial charge in [-0.2, -0.15) is 13.2 Å². The van der Waals surface area contributed by atoms with Crippen molar-refractivity contribution in [2.75, 3.05) is 6.54 Å². The molecule has 0 saturated carbocycles. The lowest BCUT2D eigenvalue weighted by atomic mass is 10.2. The minimum absolute atomic E-state index is 0.509. The van der Waals surface area contributed by atoms with Gasteiger partial charge < -0.3 is 5.32 Å². The average Bonchev–Trinajstić information content (AvgIpc) is 1.84. The molecule has 0 heterocycles. The van der Waals surface area contributed by atoms with Gasteiger partial charge in [0.2, 0.25) is 0 Å². The Morgan fingerprint density at radius 3 is 2.50 bits per heavy atom. The molecule has 0 aliphatic rings. The molecule has 1 N–H and O–H groups in total. The normalized spacial score (nSPS) is 14.3. The maximum absolute atomic E-state index is 11.8. The van der Waals surface area contributed by atoms with Gasteiger partial charge in [0.1, 0.15) is 0 Å². The third-order valence-electron chi connectivity index (χ3n) is 1.38. The molecule has 0 aromatic rings. The summed E-state index contributed by atoms with van der Waals surface area (Å²) in [5, 5.41) is 2.75. The van der Waals surface area contributed by atoms with E-state index in [1.165, 1.54) is 6.92 Å². The van der Waals surface area contributed by atoms with Gasteiger partial charge in [0.05, 0.1) is 6.42 Å². The first-order valence-electron chi connectivity index (χ1n) is 3.86. The van der Waals surface area contributed by atoms with Gasteiger partial charge in [-0.25, -0.2) is 0 Å². The molecule has 0 aromatic carbocycles. The zero-order valence-corrected chi connectivity index (χ0v) is 7.12. The van der Waals surface area contributed by atoms with Crippen molar-refractivity contribution < 1.29 is 13.2 Å². The number of rotatable bonds is 5. The largest absolute Gasteiger partial charge is 0.390 e. The summed E-state index contributed by atoms with van der Waals surface area (Å²) < 4.78 is 35.3. The lowest BCUT2D eigenvalue weighted by Crippen LogP contribution is -2.31. The lowest BCUT2D eigenvalue weighted by molar-refractivity contribution is -0.138. The Kier molecular flexibility index (Phi) is 4.97. The molecule has 72 valence electrons. The van der Waals surface area contributed by atoms with E-state index < -0.39 is 18.6 Å². The maximum Gasteiger partial charge on any atom is 0.390 e. The maximum atomic E-state index is 11.8. The molecule has 1 unspecified atom stereocenters. The number of hydrogen-bond donors (Lipinski definition) is 1. The highest BCUT2D eigenvalue weighted by Gasteiger charge is 2.29. The lowest BCUT2D eigenvalue weighted by Gasteiger charge is -2.14. The third-order valence-corrected chi connectivity index (χ3v) is 1.38. The van der Waals surface area contributed by atoms with Gasteiger partial charge >= 0.3 is 6.18 Å². The molecular weight excluding hydrogens is 167 g/mol. The quantitative estimate of drug-likeness (QED) is 0.507. The van der Waals surface area contributed by atoms with Gasteiger partial charge in [0.25, 0.3) is 0 Å². The van der Waals surface area contributed by atoms with Crippen LogP contribution in [0.3, 0.4) is 0 Å². The Labute approximate surface area is 70.7 Å². The van der Waals surface area contributed by atoms with Crippen LogP contribution in [0.5, 0.6) is 0 Å². The van der Waals surface area contributed by atoms with Crippen LogP contribution in [0.25, 0.3) is 0 Å². The third kappa shape index (κ3) is 7.60. The Morgan fingerprint density at radius 1 is 1.50 bits per heavy atom. The molecule has 1 atom stereocenters. The summed E-state index contributed by atoms with van der Waals surface area (Å²) in [6.07, 6.45) is -2.47. The van der Waals surface area contributed by atoms with E-state index in [-0.39, 0.29) is 0 Å². The van der Waals surface area contributed by atoms with Gasteiger partial charge in [-0.15, -0.1) is 6.58 Å². The molecule has 0 fully saturated rings. The van der Waals surface area contributed by atoms with Crippen LogP contribution < -0.4 is 5.32 Å². The van der Waals surface area contributed by atoms with Crippen molar-refractivity contribution in [2.45, 2.75) is 32.0 Å². The first-order chi connectivity index (χ1) is 5.45. The molecule has 0 amide bonds. The second-order valence-corrected chi connectivity index (χ2v) is 2.75. The molecule has 0 bridgehead atoms. The summed E-state index contributed by atoms with van der Waals surface area (Å²) in [5.41, 5.74) is 0. The first-order valence-corrected chi connectivity index (χ1v) is 3.86. The summed E-state index contributed by atoms with van der Waals surface area (Å²) in [6, 6.07) is -0.509. The topological polar surface area (TPSA) is 12.0 Å². The van der Waals surface area contributed by atoms with E-state index in [1.807, 2.05) is 0 Å². The highest BCUT2D eigenvalue weighted by molar-refractivity contribution is 4.71. The monoisotopic (exact) mass is 181 g/mol. The molecule has 0 aliphatic carbocycles. The standard InChI is InChI=1S/C8H14F3N/c1-3-4-5-12-7(2)6-8(9,10)11/h3,7,12H,1,4-6H2,2H3. The first kappa shape index (κ1) is 11.5. The van der Waals surface area contributed by atoms with Gasteiger partial charge in [-0.1, -0.05) is 6.08 Å². The molecule has 1 nitrogen and oxygen atoms in total. The zero-order chi connectivity index (χ0) is 9.61. The Hall–Kier alpha value is -0.510. The zero-order valence-electron chi connectivity index (χ0n) is 7.12. The van der Waals surface area contributed by atoms with E-state index in [2.05, 4.69) is 11.9 Å². The van der Waals surface area contributed by atoms with Gasteiger partial charge in [-0.05, 0) is 19.9 Å². The van der Waals surface area contributed by atoms with Crippen LogP contribution in [0, 0.1) is 0 Å². The van der Waals surface area contributed by atoms with Gasteiger partial charge in [-0.3, -0.25) is 0 Å². The molecule has 4 heteroatoms. The number of halogens is 3. The van der Waals surface area contributed by atoms with Gasteiger partial charge in [0, 0.05) is 6.04 Å². The molecule has 0 aliphatic heterocycles. The highest BCUT2D eigenvalue weighted by Crippen LogP contribution is 2.21. The Bertz CT molecular complexity index is 131. The van der Waals surface area contributed by atoms with Crippen molar-refractivity contribution in [2.24, 2.45) is 0 Å². The smallest absolute Gasteiger partial charge is 0.314 e. The van der Waals surface area contributed by atoms with E-state index in [4.69, 9.17) is 0 Å². The fraction of sp³-hybridized carbons (Fsp3) is 0.750. The predicted molar refractivity (Wildman–Crippen MR) is 43.0 cm³/mol. The Morgan fingerprint density at radius 2 is 2.08 bits per heavy atom. The van der Waals surface area contributed by atoms with Crippen molar-refractivity contribution >= 4 is 0 Å². The molecular formula is C8H14F3N. The molecule has 0 aromatic heterocycles. The van der Waals surface area contributed by atoms with Crippen LogP contribution in [0.4, 0.5) is 13.2 Å². The molecule has 12 heavy (non-hydrogen) atoms. The van der Waals surface area contributed by atoms with Crippen molar-refractivity contribution in [1.82, 2.24) is 5.32 Å². The minimum atomic E-state index is -4.07. The second kappa shape index (κ2) is 5.19. The molecule has 0 radical (unpaired) electrons. The van der Waals surface area contributed by atoms with Crippen LogP contribution in [-0.4, -0.2) is 18.8 Å². The van der Waals surface area contributed by atoms with Crippen molar-refractivity contribution in [3.8, 4) is 0 Å². The SMILES string of the molecule is C=CCCNC(C)CC(F)(F)F. The van der Waals surface area contributed by atoms with Gasteiger partial charge in [0.15, 0.2) is 0 Å². The van der Waals surface area contributed by atoms with Crippen molar-refractivity contribution in [3.63, 3.8) is 0 Å². The predicted octanol–water partition coefficient (Wildman–Crippen LogP) is 2.49. The van der Waals surface area contributed by atoms with E-state index >= 15 is 0 Å². The van der Waals surface area contributed by atoms with Crippen molar-refractivity contribution in [3.05, 3.63) is 12.7 Å². The minimum Gasteiger partial charge on any atom is -0.314 e. The second-order valence-electron chi connectivity index (χ2n) is 2.75. The summed E-state index contributed by atoms with van der Waals surface area (Å²) in [6.45, 7) is 5.55. The molecule has 0 spiro atoms. The molecule has 0 rings (SSSR count). The number of alkyl halides is 3. The fourth-order valence-corrected chi connectivity index (χ4v) is 0.851. The molecule has 0 saturated heterocycles. The summed E-state index contributed by atoms with van der Waals surface area (Å²) in [5.74, 6) is 0. The van der Waals surface area contributed by atoms with E-state index in [0.29, 0.717) is 13.0 Å². The number of hydrogen-bond acceptors (Lipinski definition) is 1. The van der Waals surface area contributed by atoms with E-state index in [9.17, 15) is 13.2 Å².